The van der Waals surface area contributed by atoms with Crippen molar-refractivity contribution in [2.45, 2.75) is 6.92 Å². The van der Waals surface area contributed by atoms with Gasteiger partial charge in [-0.2, -0.15) is 0 Å². The van der Waals surface area contributed by atoms with E-state index in [9.17, 15) is 8.42 Å². The molecule has 0 atom stereocenters. The van der Waals surface area contributed by atoms with Crippen LogP contribution < -0.4 is 0 Å². The molecule has 0 aromatic rings. The van der Waals surface area contributed by atoms with Crippen molar-refractivity contribution in [2.24, 2.45) is 5.92 Å². The van der Waals surface area contributed by atoms with Gasteiger partial charge >= 0.3 is 0 Å². The second kappa shape index (κ2) is 3.11. The first kappa shape index (κ1) is 9.00. The number of hydrogen-bond acceptors (Lipinski definition) is 3. The van der Waals surface area contributed by atoms with Gasteiger partial charge in [0, 0.05) is 13.1 Å². The second-order valence-corrected chi connectivity index (χ2v) is 4.95. The molecule has 0 aliphatic carbocycles. The summed E-state index contributed by atoms with van der Waals surface area (Å²) in [5, 5.41) is 0. The molecule has 1 heterocycles. The zero-order valence-corrected chi connectivity index (χ0v) is 7.60. The van der Waals surface area contributed by atoms with E-state index < -0.39 is 9.84 Å². The molecule has 0 N–H and O–H groups in total. The molecule has 1 rings (SSSR count). The summed E-state index contributed by atoms with van der Waals surface area (Å²) in [5.74, 6) is 0.584. The van der Waals surface area contributed by atoms with Crippen molar-refractivity contribution in [3.63, 3.8) is 0 Å². The quantitative estimate of drug-likeness (QED) is 0.614. The van der Waals surface area contributed by atoms with Crippen molar-refractivity contribution in [1.82, 2.24) is 4.90 Å². The molecule has 0 unspecified atom stereocenters. The Bertz CT molecular complexity index is 217. The molecule has 1 radical (unpaired) electrons. The number of likely N-dealkylation sites (tertiary alicyclic amines) is 1. The van der Waals surface area contributed by atoms with Crippen molar-refractivity contribution in [2.75, 3.05) is 25.4 Å². The van der Waals surface area contributed by atoms with Crippen molar-refractivity contribution < 1.29 is 8.42 Å². The summed E-state index contributed by atoms with van der Waals surface area (Å²) in [5.41, 5.74) is 0. The van der Waals surface area contributed by atoms with Crippen LogP contribution in [0.2, 0.25) is 0 Å². The highest BCUT2D eigenvalue weighted by Crippen LogP contribution is 2.16. The molecule has 0 amide bonds. The largest absolute Gasteiger partial charge is 0.303 e. The zero-order chi connectivity index (χ0) is 8.48. The lowest BCUT2D eigenvalue weighted by Gasteiger charge is -2.37. The molecule has 65 valence electrons. The van der Waals surface area contributed by atoms with Crippen molar-refractivity contribution in [1.29, 1.82) is 0 Å². The smallest absolute Gasteiger partial charge is 0.151 e. The topological polar surface area (TPSA) is 37.4 Å². The van der Waals surface area contributed by atoms with Gasteiger partial charge in [0.1, 0.15) is 0 Å². The van der Waals surface area contributed by atoms with Gasteiger partial charge in [-0.25, -0.2) is 8.42 Å². The Morgan fingerprint density at radius 2 is 2.09 bits per heavy atom. The third kappa shape index (κ3) is 2.79. The predicted octanol–water partition coefficient (Wildman–Crippen LogP) is 0.144. The average molecular weight is 176 g/mol. The Balaban J connectivity index is 2.24. The van der Waals surface area contributed by atoms with Gasteiger partial charge in [-0.3, -0.25) is 0 Å². The second-order valence-electron chi connectivity index (χ2n) is 3.13. The third-order valence-corrected chi connectivity index (χ3v) is 2.95. The molecule has 11 heavy (non-hydrogen) atoms. The van der Waals surface area contributed by atoms with Gasteiger partial charge in [0.05, 0.1) is 12.0 Å². The minimum atomic E-state index is -2.99. The first-order chi connectivity index (χ1) is 5.01. The van der Waals surface area contributed by atoms with Crippen LogP contribution in [-0.2, 0) is 9.84 Å². The van der Waals surface area contributed by atoms with E-state index in [0.29, 0.717) is 5.92 Å². The number of sulfone groups is 1. The standard InChI is InChI=1S/C7H14NO2S/c1-3-8-4-7(5-8)6-11(2,9)10/h7H,2-6H2,1H3. The van der Waals surface area contributed by atoms with E-state index >= 15 is 0 Å². The minimum Gasteiger partial charge on any atom is -0.303 e. The summed E-state index contributed by atoms with van der Waals surface area (Å²) >= 11 is 0. The van der Waals surface area contributed by atoms with Gasteiger partial charge in [0.2, 0.25) is 0 Å². The van der Waals surface area contributed by atoms with E-state index in [1.807, 2.05) is 0 Å². The van der Waals surface area contributed by atoms with E-state index in [1.54, 1.807) is 0 Å². The van der Waals surface area contributed by atoms with Crippen LogP contribution in [-0.4, -0.2) is 38.7 Å². The van der Waals surface area contributed by atoms with Crippen molar-refractivity contribution in [3.8, 4) is 0 Å². The van der Waals surface area contributed by atoms with E-state index in [-0.39, 0.29) is 5.75 Å². The number of rotatable bonds is 3. The summed E-state index contributed by atoms with van der Waals surface area (Å²) in [6.07, 6.45) is 3.10. The van der Waals surface area contributed by atoms with E-state index in [1.165, 1.54) is 0 Å². The van der Waals surface area contributed by atoms with Gasteiger partial charge < -0.3 is 4.90 Å². The first-order valence-electron chi connectivity index (χ1n) is 3.79. The van der Waals surface area contributed by atoms with Crippen LogP contribution in [0.5, 0.6) is 0 Å². The fourth-order valence-electron chi connectivity index (χ4n) is 1.40. The summed E-state index contributed by atoms with van der Waals surface area (Å²) in [7, 11) is -2.99. The first-order valence-corrected chi connectivity index (χ1v) is 5.61. The van der Waals surface area contributed by atoms with Crippen LogP contribution in [0.3, 0.4) is 0 Å². The molecule has 0 saturated carbocycles. The fourth-order valence-corrected chi connectivity index (χ4v) is 2.33. The Morgan fingerprint density at radius 3 is 2.45 bits per heavy atom. The molecule has 0 spiro atoms. The van der Waals surface area contributed by atoms with Gasteiger partial charge in [-0.15, -0.1) is 0 Å². The summed E-state index contributed by atoms with van der Waals surface area (Å²) < 4.78 is 21.4. The van der Waals surface area contributed by atoms with Crippen molar-refractivity contribution in [3.05, 3.63) is 6.26 Å². The van der Waals surface area contributed by atoms with Crippen LogP contribution in [0.15, 0.2) is 0 Å². The van der Waals surface area contributed by atoms with E-state index in [4.69, 9.17) is 0 Å². The SMILES string of the molecule is [CH2]S(=O)(=O)CC1CN(CC)C1. The molecule has 1 aliphatic rings. The van der Waals surface area contributed by atoms with Gasteiger partial charge in [-0.05, 0) is 12.5 Å². The molecule has 0 aromatic carbocycles. The third-order valence-electron chi connectivity index (χ3n) is 1.97. The molecule has 3 nitrogen and oxygen atoms in total. The van der Waals surface area contributed by atoms with Crippen LogP contribution in [0.25, 0.3) is 0 Å². The number of nitrogens with zero attached hydrogens (tertiary/aromatic N) is 1. The molecular weight excluding hydrogens is 162 g/mol. The molecule has 1 fully saturated rings. The van der Waals surface area contributed by atoms with Crippen LogP contribution >= 0.6 is 0 Å². The van der Waals surface area contributed by atoms with Crippen LogP contribution in [0, 0.1) is 12.2 Å². The van der Waals surface area contributed by atoms with Gasteiger partial charge in [0.15, 0.2) is 9.84 Å². The zero-order valence-electron chi connectivity index (χ0n) is 6.78. The highest BCUT2D eigenvalue weighted by molar-refractivity contribution is 7.92. The Hall–Kier alpha value is -0.0900. The lowest BCUT2D eigenvalue weighted by atomic mass is 10.0. The molecule has 0 aromatic heterocycles. The maximum atomic E-state index is 10.7. The maximum absolute atomic E-state index is 10.7. The monoisotopic (exact) mass is 176 g/mol. The molecule has 0 bridgehead atoms. The van der Waals surface area contributed by atoms with Crippen LogP contribution in [0.4, 0.5) is 0 Å². The lowest BCUT2D eigenvalue weighted by molar-refractivity contribution is 0.123. The van der Waals surface area contributed by atoms with Gasteiger partial charge in [-0.1, -0.05) is 6.92 Å². The highest BCUT2D eigenvalue weighted by Gasteiger charge is 2.27. The Kier molecular flexibility index (Phi) is 2.54. The van der Waals surface area contributed by atoms with Gasteiger partial charge in [0.25, 0.3) is 0 Å². The van der Waals surface area contributed by atoms with E-state index in [0.717, 1.165) is 19.6 Å². The van der Waals surface area contributed by atoms with E-state index in [2.05, 4.69) is 18.1 Å². The number of hydrogen-bond donors (Lipinski definition) is 0. The average Bonchev–Trinajstić information content (AvgIpc) is 1.75. The highest BCUT2D eigenvalue weighted by atomic mass is 32.2. The maximum Gasteiger partial charge on any atom is 0.151 e. The Labute approximate surface area is 68.3 Å². The predicted molar refractivity (Wildman–Crippen MR) is 44.7 cm³/mol. The summed E-state index contributed by atoms with van der Waals surface area (Å²) in [4.78, 5) is 2.22. The lowest BCUT2D eigenvalue weighted by Crippen LogP contribution is -2.48. The normalized spacial score (nSPS) is 21.6. The minimum absolute atomic E-state index is 0.253. The van der Waals surface area contributed by atoms with Crippen molar-refractivity contribution >= 4 is 9.84 Å². The molecular formula is C7H14NO2S. The summed E-state index contributed by atoms with van der Waals surface area (Å²) in [6, 6.07) is 0. The summed E-state index contributed by atoms with van der Waals surface area (Å²) in [6.45, 7) is 4.94. The molecule has 1 aliphatic heterocycles. The van der Waals surface area contributed by atoms with Crippen LogP contribution in [0.1, 0.15) is 6.92 Å². The molecule has 1 saturated heterocycles. The molecule has 4 heteroatoms. The fraction of sp³-hybridized carbons (Fsp3) is 0.857. The Morgan fingerprint density at radius 1 is 1.55 bits per heavy atom.